The smallest absolute Gasteiger partial charge is 0.346 e. The zero-order valence-electron chi connectivity index (χ0n) is 8.36. The van der Waals surface area contributed by atoms with Crippen LogP contribution in [0.2, 0.25) is 0 Å². The van der Waals surface area contributed by atoms with Crippen LogP contribution >= 0.6 is 0 Å². The van der Waals surface area contributed by atoms with Crippen LogP contribution in [0, 0.1) is 11.8 Å². The minimum Gasteiger partial charge on any atom is -0.411 e. The highest BCUT2D eigenvalue weighted by Crippen LogP contribution is 2.17. The normalized spacial score (nSPS) is 19.8. The molecule has 0 bridgehead atoms. The van der Waals surface area contributed by atoms with Crippen LogP contribution < -0.4 is 16.2 Å². The molecular weight excluding hydrogens is 178 g/mol. The van der Waals surface area contributed by atoms with E-state index < -0.39 is 0 Å². The average Bonchev–Trinajstić information content (AvgIpc) is 2.18. The van der Waals surface area contributed by atoms with Crippen molar-refractivity contribution < 1.29 is 4.42 Å². The summed E-state index contributed by atoms with van der Waals surface area (Å²) in [6, 6.07) is 0. The molecule has 0 saturated carbocycles. The molecule has 1 aromatic rings. The summed E-state index contributed by atoms with van der Waals surface area (Å²) in [6.45, 7) is 4.30. The molecule has 1 heterocycles. The lowest BCUT2D eigenvalue weighted by Gasteiger charge is -2.16. The van der Waals surface area contributed by atoms with E-state index in [9.17, 15) is 4.79 Å². The fraction of sp³-hybridized carbons (Fsp3) is 0.455. The number of hydrogen-bond donors (Lipinski definition) is 0. The van der Waals surface area contributed by atoms with Gasteiger partial charge in [-0.1, -0.05) is 26.0 Å². The standard InChI is InChI=1S/C11H13NO2/c1-7(2)8-3-4-10-9(5-8)11(13)14-6-12-10/h4-8H,3H2,1-2H3. The Morgan fingerprint density at radius 3 is 3.07 bits per heavy atom. The van der Waals surface area contributed by atoms with Crippen LogP contribution in [-0.4, -0.2) is 4.98 Å². The van der Waals surface area contributed by atoms with Gasteiger partial charge in [-0.15, -0.1) is 0 Å². The van der Waals surface area contributed by atoms with Crippen molar-refractivity contribution in [2.24, 2.45) is 11.8 Å². The van der Waals surface area contributed by atoms with Gasteiger partial charge in [-0.2, -0.15) is 0 Å². The van der Waals surface area contributed by atoms with Crippen LogP contribution in [0.4, 0.5) is 0 Å². The van der Waals surface area contributed by atoms with Gasteiger partial charge < -0.3 is 4.42 Å². The predicted molar refractivity (Wildman–Crippen MR) is 53.9 cm³/mol. The molecule has 1 aromatic heterocycles. The van der Waals surface area contributed by atoms with E-state index in [1.165, 1.54) is 6.39 Å². The topological polar surface area (TPSA) is 43.1 Å². The van der Waals surface area contributed by atoms with Gasteiger partial charge in [0.1, 0.15) is 0 Å². The molecule has 1 aliphatic carbocycles. The van der Waals surface area contributed by atoms with E-state index in [0.29, 0.717) is 17.1 Å². The Bertz CT molecular complexity index is 499. The second-order valence-corrected chi connectivity index (χ2v) is 3.95. The summed E-state index contributed by atoms with van der Waals surface area (Å²) in [7, 11) is 0. The lowest BCUT2D eigenvalue weighted by atomic mass is 9.89. The molecule has 0 saturated heterocycles. The average molecular weight is 191 g/mol. The first-order valence-electron chi connectivity index (χ1n) is 4.84. The Morgan fingerprint density at radius 2 is 2.36 bits per heavy atom. The highest BCUT2D eigenvalue weighted by atomic mass is 16.4. The van der Waals surface area contributed by atoms with E-state index in [0.717, 1.165) is 11.8 Å². The molecule has 1 atom stereocenters. The molecule has 1 aliphatic rings. The maximum absolute atomic E-state index is 11.4. The Morgan fingerprint density at radius 1 is 1.57 bits per heavy atom. The minimum absolute atomic E-state index is 0.281. The summed E-state index contributed by atoms with van der Waals surface area (Å²) >= 11 is 0. The summed E-state index contributed by atoms with van der Waals surface area (Å²) in [5.41, 5.74) is -0.281. The molecule has 0 aliphatic heterocycles. The van der Waals surface area contributed by atoms with Crippen molar-refractivity contribution in [3.05, 3.63) is 27.4 Å². The van der Waals surface area contributed by atoms with Gasteiger partial charge in [0.05, 0.1) is 10.6 Å². The quantitative estimate of drug-likeness (QED) is 0.640. The third-order valence-electron chi connectivity index (χ3n) is 2.67. The van der Waals surface area contributed by atoms with Gasteiger partial charge in [-0.05, 0) is 18.3 Å². The van der Waals surface area contributed by atoms with Crippen LogP contribution in [0.15, 0.2) is 15.6 Å². The summed E-state index contributed by atoms with van der Waals surface area (Å²) in [6.07, 6.45) is 6.16. The first-order valence-corrected chi connectivity index (χ1v) is 4.84. The van der Waals surface area contributed by atoms with Gasteiger partial charge in [0, 0.05) is 0 Å². The molecule has 3 nitrogen and oxygen atoms in total. The Balaban J connectivity index is 2.64. The monoisotopic (exact) mass is 191 g/mol. The number of nitrogens with zero attached hydrogens (tertiary/aromatic N) is 1. The first-order chi connectivity index (χ1) is 6.68. The molecule has 0 aromatic carbocycles. The molecule has 74 valence electrons. The Hall–Kier alpha value is -1.38. The third-order valence-corrected chi connectivity index (χ3v) is 2.67. The van der Waals surface area contributed by atoms with E-state index in [-0.39, 0.29) is 5.63 Å². The minimum atomic E-state index is -0.281. The second-order valence-electron chi connectivity index (χ2n) is 3.95. The van der Waals surface area contributed by atoms with E-state index in [4.69, 9.17) is 4.42 Å². The maximum Gasteiger partial charge on any atom is 0.346 e. The van der Waals surface area contributed by atoms with Crippen molar-refractivity contribution in [1.82, 2.24) is 4.98 Å². The molecular formula is C11H13NO2. The highest BCUT2D eigenvalue weighted by molar-refractivity contribution is 5.37. The van der Waals surface area contributed by atoms with E-state index >= 15 is 0 Å². The molecule has 1 unspecified atom stereocenters. The highest BCUT2D eigenvalue weighted by Gasteiger charge is 2.13. The number of rotatable bonds is 1. The van der Waals surface area contributed by atoms with E-state index in [2.05, 4.69) is 18.8 Å². The maximum atomic E-state index is 11.4. The molecule has 14 heavy (non-hydrogen) atoms. The van der Waals surface area contributed by atoms with Gasteiger partial charge >= 0.3 is 5.63 Å². The van der Waals surface area contributed by atoms with Crippen molar-refractivity contribution in [2.45, 2.75) is 20.3 Å². The Labute approximate surface area is 81.8 Å². The number of hydrogen-bond acceptors (Lipinski definition) is 3. The van der Waals surface area contributed by atoms with Crippen LogP contribution in [0.25, 0.3) is 12.2 Å². The largest absolute Gasteiger partial charge is 0.411 e. The van der Waals surface area contributed by atoms with Gasteiger partial charge in [0.15, 0.2) is 6.39 Å². The van der Waals surface area contributed by atoms with Crippen molar-refractivity contribution >= 4 is 12.2 Å². The molecule has 0 fully saturated rings. The number of fused-ring (bicyclic) bond motifs is 1. The van der Waals surface area contributed by atoms with Crippen LogP contribution in [-0.2, 0) is 0 Å². The molecule has 0 amide bonds. The van der Waals surface area contributed by atoms with Gasteiger partial charge in [-0.25, -0.2) is 9.78 Å². The molecule has 2 rings (SSSR count). The fourth-order valence-corrected chi connectivity index (χ4v) is 1.68. The SMILES string of the molecule is CC(C)C1C=c2c(ncoc2=O)=CC1. The van der Waals surface area contributed by atoms with Crippen molar-refractivity contribution in [2.75, 3.05) is 0 Å². The first kappa shape index (κ1) is 9.19. The Kier molecular flexibility index (Phi) is 2.23. The second kappa shape index (κ2) is 3.40. The predicted octanol–water partition coefficient (Wildman–Crippen LogP) is 0.272. The summed E-state index contributed by atoms with van der Waals surface area (Å²) < 4.78 is 4.74. The number of aromatic nitrogens is 1. The summed E-state index contributed by atoms with van der Waals surface area (Å²) in [5.74, 6) is 0.966. The lowest BCUT2D eigenvalue weighted by molar-refractivity contribution is 0.467. The van der Waals surface area contributed by atoms with Crippen LogP contribution in [0.3, 0.4) is 0 Å². The van der Waals surface area contributed by atoms with E-state index in [1.807, 2.05) is 12.2 Å². The van der Waals surface area contributed by atoms with Crippen molar-refractivity contribution in [3.63, 3.8) is 0 Å². The molecule has 0 N–H and O–H groups in total. The van der Waals surface area contributed by atoms with Crippen LogP contribution in [0.1, 0.15) is 20.3 Å². The van der Waals surface area contributed by atoms with Gasteiger partial charge in [-0.3, -0.25) is 0 Å². The van der Waals surface area contributed by atoms with Crippen LogP contribution in [0.5, 0.6) is 0 Å². The fourth-order valence-electron chi connectivity index (χ4n) is 1.68. The molecule has 3 heteroatoms. The summed E-state index contributed by atoms with van der Waals surface area (Å²) in [4.78, 5) is 15.4. The molecule has 0 radical (unpaired) electrons. The van der Waals surface area contributed by atoms with Gasteiger partial charge in [0.25, 0.3) is 0 Å². The molecule has 0 spiro atoms. The summed E-state index contributed by atoms with van der Waals surface area (Å²) in [5, 5.41) is 1.38. The van der Waals surface area contributed by atoms with E-state index in [1.54, 1.807) is 0 Å². The van der Waals surface area contributed by atoms with Gasteiger partial charge in [0.2, 0.25) is 0 Å². The third kappa shape index (κ3) is 1.50. The van der Waals surface area contributed by atoms with Crippen molar-refractivity contribution in [3.8, 4) is 0 Å². The van der Waals surface area contributed by atoms with Crippen molar-refractivity contribution in [1.29, 1.82) is 0 Å². The zero-order valence-corrected chi connectivity index (χ0v) is 8.36. The zero-order chi connectivity index (χ0) is 10.1. The lowest BCUT2D eigenvalue weighted by Crippen LogP contribution is -2.43.